The molecule has 6 nitrogen and oxygen atoms in total. The van der Waals surface area contributed by atoms with Crippen LogP contribution in [0.5, 0.6) is 0 Å². The molecule has 0 N–H and O–H groups in total. The Morgan fingerprint density at radius 1 is 1.00 bits per heavy atom. The fourth-order valence-electron chi connectivity index (χ4n) is 5.06. The Kier molecular flexibility index (Phi) is 6.72. The van der Waals surface area contributed by atoms with Crippen LogP contribution in [0.1, 0.15) is 50.5 Å². The van der Waals surface area contributed by atoms with E-state index in [1.807, 2.05) is 0 Å². The van der Waals surface area contributed by atoms with E-state index in [-0.39, 0.29) is 0 Å². The molecular formula is C24H35N5OS. The molecule has 1 aromatic heterocycles. The van der Waals surface area contributed by atoms with Gasteiger partial charge in [-0.1, -0.05) is 49.6 Å². The van der Waals surface area contributed by atoms with Crippen molar-refractivity contribution in [3.8, 4) is 0 Å². The lowest BCUT2D eigenvalue weighted by Gasteiger charge is -2.29. The van der Waals surface area contributed by atoms with E-state index in [0.717, 1.165) is 62.2 Å². The Bertz CT molecular complexity index is 894. The molecule has 0 atom stereocenters. The van der Waals surface area contributed by atoms with Gasteiger partial charge in [0.2, 0.25) is 10.7 Å². The normalized spacial score (nSPS) is 20.5. The number of benzene rings is 1. The van der Waals surface area contributed by atoms with Crippen LogP contribution in [0.3, 0.4) is 0 Å². The third-order valence-electron chi connectivity index (χ3n) is 6.98. The molecule has 1 aliphatic heterocycles. The molecule has 2 heterocycles. The van der Waals surface area contributed by atoms with Crippen molar-refractivity contribution in [2.45, 2.75) is 64.2 Å². The quantitative estimate of drug-likeness (QED) is 0.571. The predicted octanol–water partition coefficient (Wildman–Crippen LogP) is 4.30. The summed E-state index contributed by atoms with van der Waals surface area (Å²) in [7, 11) is 0. The molecule has 0 radical (unpaired) electrons. The van der Waals surface area contributed by atoms with Crippen LogP contribution in [-0.4, -0.2) is 58.1 Å². The summed E-state index contributed by atoms with van der Waals surface area (Å²) in [5.74, 6) is 1.83. The maximum absolute atomic E-state index is 5.99. The molecule has 2 saturated carbocycles. The number of nitrogens with zero attached hydrogens (tertiary/aromatic N) is 5. The Labute approximate surface area is 190 Å². The van der Waals surface area contributed by atoms with Gasteiger partial charge >= 0.3 is 0 Å². The summed E-state index contributed by atoms with van der Waals surface area (Å²) in [4.78, 5) is 5.00. The molecule has 0 bridgehead atoms. The maximum atomic E-state index is 5.99. The van der Waals surface area contributed by atoms with Crippen LogP contribution in [-0.2, 0) is 18.0 Å². The van der Waals surface area contributed by atoms with Gasteiger partial charge in [-0.2, -0.15) is 0 Å². The van der Waals surface area contributed by atoms with E-state index in [1.165, 1.54) is 57.1 Å². The van der Waals surface area contributed by atoms with E-state index in [9.17, 15) is 0 Å². The number of rotatable bonds is 8. The molecule has 3 fully saturated rings. The molecule has 2 aromatic rings. The zero-order chi connectivity index (χ0) is 21.0. The van der Waals surface area contributed by atoms with Crippen LogP contribution in [0.25, 0.3) is 0 Å². The second-order valence-corrected chi connectivity index (χ2v) is 9.77. The molecule has 168 valence electrons. The number of aromatic nitrogens is 3. The Morgan fingerprint density at radius 3 is 2.45 bits per heavy atom. The number of morpholine rings is 1. The van der Waals surface area contributed by atoms with Gasteiger partial charge in [0.25, 0.3) is 0 Å². The minimum Gasteiger partial charge on any atom is -0.378 e. The van der Waals surface area contributed by atoms with E-state index in [2.05, 4.69) is 49.4 Å². The maximum Gasteiger partial charge on any atom is 0.226 e. The second kappa shape index (κ2) is 9.84. The van der Waals surface area contributed by atoms with Gasteiger partial charge in [-0.15, -0.1) is 5.10 Å². The average molecular weight is 442 g/mol. The third-order valence-corrected chi connectivity index (χ3v) is 7.41. The SMILES string of the molecule is S=c1n(CN(CC2CCCCC2)C2CC2)nc(N2CCOCC2)n1Cc1ccccc1. The molecule has 7 heteroatoms. The van der Waals surface area contributed by atoms with Crippen molar-refractivity contribution in [2.75, 3.05) is 37.7 Å². The zero-order valence-electron chi connectivity index (χ0n) is 18.5. The summed E-state index contributed by atoms with van der Waals surface area (Å²) in [6, 6.07) is 11.3. The summed E-state index contributed by atoms with van der Waals surface area (Å²) in [6.45, 7) is 6.02. The van der Waals surface area contributed by atoms with Crippen molar-refractivity contribution < 1.29 is 4.74 Å². The van der Waals surface area contributed by atoms with Crippen molar-refractivity contribution in [1.82, 2.24) is 19.2 Å². The number of ether oxygens (including phenoxy) is 1. The first-order valence-corrected chi connectivity index (χ1v) is 12.5. The lowest BCUT2D eigenvalue weighted by molar-refractivity contribution is 0.121. The second-order valence-electron chi connectivity index (χ2n) is 9.40. The molecule has 2 aliphatic carbocycles. The minimum atomic E-state index is 0.718. The molecule has 0 amide bonds. The Balaban J connectivity index is 1.40. The molecule has 3 aliphatic rings. The van der Waals surface area contributed by atoms with Crippen LogP contribution in [0, 0.1) is 10.7 Å². The highest BCUT2D eigenvalue weighted by atomic mass is 32.1. The van der Waals surface area contributed by atoms with Gasteiger partial charge in [0.05, 0.1) is 26.4 Å². The summed E-state index contributed by atoms with van der Waals surface area (Å²) in [6.07, 6.45) is 9.62. The van der Waals surface area contributed by atoms with Crippen LogP contribution < -0.4 is 4.90 Å². The number of anilines is 1. The molecule has 0 unspecified atom stereocenters. The Morgan fingerprint density at radius 2 is 1.74 bits per heavy atom. The van der Waals surface area contributed by atoms with Gasteiger partial charge in [-0.3, -0.25) is 9.47 Å². The number of hydrogen-bond acceptors (Lipinski definition) is 5. The largest absolute Gasteiger partial charge is 0.378 e. The molecular weight excluding hydrogens is 406 g/mol. The van der Waals surface area contributed by atoms with E-state index in [1.54, 1.807) is 0 Å². The van der Waals surface area contributed by atoms with Gasteiger partial charge in [0.1, 0.15) is 0 Å². The van der Waals surface area contributed by atoms with Gasteiger partial charge in [-0.25, -0.2) is 4.68 Å². The van der Waals surface area contributed by atoms with Crippen LogP contribution in [0.15, 0.2) is 30.3 Å². The molecule has 1 aromatic carbocycles. The van der Waals surface area contributed by atoms with Crippen molar-refractivity contribution in [1.29, 1.82) is 0 Å². The lowest BCUT2D eigenvalue weighted by Crippen LogP contribution is -2.38. The predicted molar refractivity (Wildman–Crippen MR) is 126 cm³/mol. The fourth-order valence-corrected chi connectivity index (χ4v) is 5.30. The lowest BCUT2D eigenvalue weighted by atomic mass is 9.89. The number of hydrogen-bond donors (Lipinski definition) is 0. The van der Waals surface area contributed by atoms with Crippen LogP contribution in [0.4, 0.5) is 5.95 Å². The van der Waals surface area contributed by atoms with Gasteiger partial charge in [0, 0.05) is 25.7 Å². The summed E-state index contributed by atoms with van der Waals surface area (Å²) >= 11 is 5.99. The highest BCUT2D eigenvalue weighted by molar-refractivity contribution is 7.71. The molecule has 0 spiro atoms. The van der Waals surface area contributed by atoms with Crippen molar-refractivity contribution in [3.63, 3.8) is 0 Å². The van der Waals surface area contributed by atoms with Gasteiger partial charge < -0.3 is 9.64 Å². The summed E-state index contributed by atoms with van der Waals surface area (Å²) in [5, 5.41) is 5.08. The topological polar surface area (TPSA) is 38.5 Å². The monoisotopic (exact) mass is 441 g/mol. The Hall–Kier alpha value is -1.70. The molecule has 5 rings (SSSR count). The fraction of sp³-hybridized carbons (Fsp3) is 0.667. The highest BCUT2D eigenvalue weighted by Crippen LogP contribution is 2.32. The molecule has 31 heavy (non-hydrogen) atoms. The first-order valence-electron chi connectivity index (χ1n) is 12.1. The first-order chi connectivity index (χ1) is 15.3. The molecule has 1 saturated heterocycles. The highest BCUT2D eigenvalue weighted by Gasteiger charge is 2.32. The zero-order valence-corrected chi connectivity index (χ0v) is 19.3. The first kappa shape index (κ1) is 21.2. The van der Waals surface area contributed by atoms with E-state index in [0.29, 0.717) is 0 Å². The average Bonchev–Trinajstić information content (AvgIpc) is 3.62. The van der Waals surface area contributed by atoms with E-state index < -0.39 is 0 Å². The summed E-state index contributed by atoms with van der Waals surface area (Å²) < 4.78 is 10.7. The smallest absolute Gasteiger partial charge is 0.226 e. The van der Waals surface area contributed by atoms with Gasteiger partial charge in [0.15, 0.2) is 0 Å². The van der Waals surface area contributed by atoms with E-state index >= 15 is 0 Å². The standard InChI is InChI=1S/C24H35N5OS/c31-24-28(18-21-9-5-2-6-10-21)23(26-13-15-30-16-14-26)25-29(24)19-27(22-11-12-22)17-20-7-3-1-4-8-20/h2,5-6,9-10,20,22H,1,3-4,7-8,11-19H2. The summed E-state index contributed by atoms with van der Waals surface area (Å²) in [5.41, 5.74) is 1.26. The van der Waals surface area contributed by atoms with Crippen molar-refractivity contribution >= 4 is 18.2 Å². The van der Waals surface area contributed by atoms with Crippen LogP contribution >= 0.6 is 12.2 Å². The minimum absolute atomic E-state index is 0.718. The van der Waals surface area contributed by atoms with Crippen LogP contribution in [0.2, 0.25) is 0 Å². The van der Waals surface area contributed by atoms with Gasteiger partial charge in [-0.05, 0) is 49.4 Å². The third kappa shape index (κ3) is 5.21. The van der Waals surface area contributed by atoms with E-state index in [4.69, 9.17) is 22.1 Å². The van der Waals surface area contributed by atoms with Crippen molar-refractivity contribution in [2.24, 2.45) is 5.92 Å². The van der Waals surface area contributed by atoms with Crippen molar-refractivity contribution in [3.05, 3.63) is 40.7 Å².